The highest BCUT2D eigenvalue weighted by molar-refractivity contribution is 5.88. The number of imidazole rings is 1. The van der Waals surface area contributed by atoms with E-state index in [1.54, 1.807) is 16.7 Å². The molecule has 1 fully saturated rings. The smallest absolute Gasteiger partial charge is 0.147 e. The summed E-state index contributed by atoms with van der Waals surface area (Å²) in [4.78, 5) is 16.7. The van der Waals surface area contributed by atoms with Gasteiger partial charge in [0.25, 0.3) is 0 Å². The summed E-state index contributed by atoms with van der Waals surface area (Å²) in [6.45, 7) is 0.810. The minimum atomic E-state index is -0.399. The van der Waals surface area contributed by atoms with Gasteiger partial charge in [-0.15, -0.1) is 0 Å². The molecule has 5 aromatic rings. The fourth-order valence-electron chi connectivity index (χ4n) is 4.58. The molecule has 0 aliphatic heterocycles. The van der Waals surface area contributed by atoms with Crippen molar-refractivity contribution >= 4 is 16.7 Å². The molecule has 184 valence electrons. The van der Waals surface area contributed by atoms with Crippen molar-refractivity contribution in [2.75, 3.05) is 19.0 Å². The van der Waals surface area contributed by atoms with Crippen molar-refractivity contribution in [1.82, 2.24) is 24.5 Å². The van der Waals surface area contributed by atoms with Crippen molar-refractivity contribution < 1.29 is 9.13 Å². The Balaban J connectivity index is 1.17. The van der Waals surface area contributed by atoms with E-state index in [-0.39, 0.29) is 0 Å². The largest absolute Gasteiger partial charge is 0.496 e. The lowest BCUT2D eigenvalue weighted by atomic mass is 10.1. The quantitative estimate of drug-likeness (QED) is 0.296. The van der Waals surface area contributed by atoms with Gasteiger partial charge in [-0.1, -0.05) is 24.3 Å². The lowest BCUT2D eigenvalue weighted by Gasteiger charge is -2.11. The highest BCUT2D eigenvalue weighted by Gasteiger charge is 2.26. The molecule has 0 bridgehead atoms. The summed E-state index contributed by atoms with van der Waals surface area (Å²) < 4.78 is 21.6. The van der Waals surface area contributed by atoms with Crippen molar-refractivity contribution in [3.8, 4) is 34.3 Å². The Hall–Kier alpha value is -4.71. The molecule has 0 amide bonds. The molecular formula is C28H24FN7O. The summed E-state index contributed by atoms with van der Waals surface area (Å²) in [7, 11) is 1.53. The molecule has 1 aliphatic rings. The maximum absolute atomic E-state index is 14.6. The third kappa shape index (κ3) is 4.38. The Kier molecular flexibility index (Phi) is 5.77. The molecule has 0 unspecified atom stereocenters. The molecule has 3 aromatic heterocycles. The van der Waals surface area contributed by atoms with Crippen LogP contribution in [0.5, 0.6) is 5.75 Å². The molecule has 0 spiro atoms. The number of nitrogens with zero attached hydrogens (tertiary/aromatic N) is 5. The molecule has 2 aromatic carbocycles. The number of hydrogen-bond donors (Lipinski definition) is 2. The molecule has 0 radical (unpaired) electrons. The molecular weight excluding hydrogens is 469 g/mol. The van der Waals surface area contributed by atoms with Gasteiger partial charge in [0.05, 0.1) is 24.0 Å². The summed E-state index contributed by atoms with van der Waals surface area (Å²) in [5, 5.41) is 13.4. The van der Waals surface area contributed by atoms with Crippen LogP contribution in [0, 0.1) is 17.1 Å². The van der Waals surface area contributed by atoms with Gasteiger partial charge in [0.15, 0.2) is 0 Å². The van der Waals surface area contributed by atoms with E-state index in [2.05, 4.69) is 26.3 Å². The fraction of sp³-hybridized carbons (Fsp3) is 0.214. The van der Waals surface area contributed by atoms with Crippen LogP contribution in [0.25, 0.3) is 33.4 Å². The topological polar surface area (TPSA) is 104 Å². The number of rotatable bonds is 8. The molecule has 8 nitrogen and oxygen atoms in total. The van der Waals surface area contributed by atoms with Crippen molar-refractivity contribution in [2.45, 2.75) is 25.3 Å². The maximum atomic E-state index is 14.6. The first-order valence-electron chi connectivity index (χ1n) is 12.1. The molecule has 0 saturated heterocycles. The van der Waals surface area contributed by atoms with Crippen molar-refractivity contribution in [3.05, 3.63) is 78.4 Å². The number of H-pyrrole nitrogens is 1. The number of nitriles is 1. The van der Waals surface area contributed by atoms with Crippen LogP contribution in [0.3, 0.4) is 0 Å². The number of aromatic amines is 1. The summed E-state index contributed by atoms with van der Waals surface area (Å²) in [6.07, 6.45) is 5.90. The number of ether oxygens (including phenoxy) is 1. The first-order valence-corrected chi connectivity index (χ1v) is 12.1. The Bertz CT molecular complexity index is 1630. The third-order valence-corrected chi connectivity index (χ3v) is 6.65. The van der Waals surface area contributed by atoms with Crippen LogP contribution in [0.2, 0.25) is 0 Å². The minimum absolute atomic E-state index is 0.349. The van der Waals surface area contributed by atoms with Gasteiger partial charge in [0.2, 0.25) is 0 Å². The van der Waals surface area contributed by atoms with E-state index in [0.29, 0.717) is 47.2 Å². The average molecular weight is 494 g/mol. The van der Waals surface area contributed by atoms with Gasteiger partial charge in [0.1, 0.15) is 41.3 Å². The number of benzene rings is 2. The second-order valence-corrected chi connectivity index (χ2v) is 9.04. The van der Waals surface area contributed by atoms with Gasteiger partial charge in [0, 0.05) is 47.8 Å². The van der Waals surface area contributed by atoms with E-state index < -0.39 is 5.82 Å². The fourth-order valence-corrected chi connectivity index (χ4v) is 4.58. The average Bonchev–Trinajstić information content (AvgIpc) is 3.54. The minimum Gasteiger partial charge on any atom is -0.496 e. The first kappa shape index (κ1) is 22.7. The highest BCUT2D eigenvalue weighted by Crippen LogP contribution is 2.39. The van der Waals surface area contributed by atoms with Crippen LogP contribution in [0.4, 0.5) is 10.2 Å². The van der Waals surface area contributed by atoms with E-state index in [1.165, 1.54) is 32.3 Å². The van der Waals surface area contributed by atoms with Gasteiger partial charge in [-0.25, -0.2) is 19.3 Å². The van der Waals surface area contributed by atoms with Crippen molar-refractivity contribution in [3.63, 3.8) is 0 Å². The van der Waals surface area contributed by atoms with Gasteiger partial charge in [-0.05, 0) is 31.0 Å². The van der Waals surface area contributed by atoms with Crippen LogP contribution in [0.15, 0.2) is 61.1 Å². The van der Waals surface area contributed by atoms with Gasteiger partial charge in [-0.3, -0.25) is 0 Å². The molecule has 2 N–H and O–H groups in total. The molecule has 9 heteroatoms. The van der Waals surface area contributed by atoms with E-state index in [1.807, 2.05) is 36.5 Å². The van der Waals surface area contributed by atoms with E-state index in [4.69, 9.17) is 9.72 Å². The van der Waals surface area contributed by atoms with Crippen LogP contribution in [0.1, 0.15) is 30.3 Å². The highest BCUT2D eigenvalue weighted by atomic mass is 19.1. The molecule has 1 saturated carbocycles. The molecule has 37 heavy (non-hydrogen) atoms. The summed E-state index contributed by atoms with van der Waals surface area (Å²) in [5.74, 6) is 2.43. The molecule has 3 heterocycles. The Labute approximate surface area is 212 Å². The molecule has 1 aliphatic carbocycles. The van der Waals surface area contributed by atoms with Crippen LogP contribution >= 0.6 is 0 Å². The molecule has 0 atom stereocenters. The number of halogens is 1. The summed E-state index contributed by atoms with van der Waals surface area (Å²) in [5.41, 5.74) is 4.46. The van der Waals surface area contributed by atoms with E-state index >= 15 is 0 Å². The summed E-state index contributed by atoms with van der Waals surface area (Å²) in [6, 6.07) is 16.7. The zero-order chi connectivity index (χ0) is 25.4. The normalized spacial score (nSPS) is 13.0. The van der Waals surface area contributed by atoms with E-state index in [9.17, 15) is 9.65 Å². The van der Waals surface area contributed by atoms with Crippen LogP contribution in [-0.2, 0) is 6.54 Å². The van der Waals surface area contributed by atoms with Gasteiger partial charge in [-0.2, -0.15) is 5.26 Å². The maximum Gasteiger partial charge on any atom is 0.147 e. The second kappa shape index (κ2) is 9.39. The standard InChI is InChI=1S/C28H24FN7O/c1-37-25-9-8-22(29)27-21(25)12-20(14-30)36(27)11-10-31-26-13-23(33-16-34-26)17-2-4-18(5-3-17)24-15-32-28(35-24)19-6-7-19/h2-5,8-9,12-13,15-16,19H,6-7,10-11H2,1H3,(H,32,35)(H,31,33,34). The van der Waals surface area contributed by atoms with E-state index in [0.717, 1.165) is 28.3 Å². The second-order valence-electron chi connectivity index (χ2n) is 9.04. The third-order valence-electron chi connectivity index (χ3n) is 6.65. The Morgan fingerprint density at radius 2 is 1.89 bits per heavy atom. The SMILES string of the molecule is COc1ccc(F)c2c1cc(C#N)n2CCNc1cc(-c2ccc(-c3c[nH]c(C4CC4)n3)cc2)ncn1. The lowest BCUT2D eigenvalue weighted by Crippen LogP contribution is -2.13. The number of anilines is 1. The number of hydrogen-bond acceptors (Lipinski definition) is 6. The zero-order valence-electron chi connectivity index (χ0n) is 20.2. The van der Waals surface area contributed by atoms with Crippen LogP contribution < -0.4 is 10.1 Å². The number of fused-ring (bicyclic) bond motifs is 1. The number of nitrogens with one attached hydrogen (secondary N) is 2. The van der Waals surface area contributed by atoms with Gasteiger partial charge < -0.3 is 19.6 Å². The lowest BCUT2D eigenvalue weighted by molar-refractivity contribution is 0.419. The zero-order valence-corrected chi connectivity index (χ0v) is 20.2. The van der Waals surface area contributed by atoms with Crippen molar-refractivity contribution in [1.29, 1.82) is 5.26 Å². The van der Waals surface area contributed by atoms with Crippen molar-refractivity contribution in [2.24, 2.45) is 0 Å². The predicted octanol–water partition coefficient (Wildman–Crippen LogP) is 5.50. The van der Waals surface area contributed by atoms with Crippen LogP contribution in [-0.4, -0.2) is 38.2 Å². The number of aromatic nitrogens is 5. The number of methoxy groups -OCH3 is 1. The Morgan fingerprint density at radius 1 is 1.11 bits per heavy atom. The first-order chi connectivity index (χ1) is 18.1. The predicted molar refractivity (Wildman–Crippen MR) is 139 cm³/mol. The molecule has 6 rings (SSSR count). The summed E-state index contributed by atoms with van der Waals surface area (Å²) >= 11 is 0. The Morgan fingerprint density at radius 3 is 2.62 bits per heavy atom. The van der Waals surface area contributed by atoms with Gasteiger partial charge >= 0.3 is 0 Å². The monoisotopic (exact) mass is 493 g/mol.